The van der Waals surface area contributed by atoms with Crippen LogP contribution in [0.25, 0.3) is 0 Å². The Kier molecular flexibility index (Phi) is 1.99. The molecule has 2 saturated heterocycles. The summed E-state index contributed by atoms with van der Waals surface area (Å²) in [5, 5.41) is 5.00. The fraction of sp³-hybridized carbons (Fsp3) is 0.800. The Morgan fingerprint density at radius 2 is 1.62 bits per heavy atom. The van der Waals surface area contributed by atoms with Crippen molar-refractivity contribution in [2.45, 2.75) is 37.0 Å². The van der Waals surface area contributed by atoms with Gasteiger partial charge in [-0.15, -0.1) is 0 Å². The maximum absolute atomic E-state index is 11.7. The number of hydrogen-bond donors (Lipinski definition) is 2. The number of hydrogen-bond acceptors (Lipinski definition) is 4. The van der Waals surface area contributed by atoms with Crippen LogP contribution in [0, 0.1) is 0 Å². The van der Waals surface area contributed by atoms with E-state index in [2.05, 4.69) is 10.6 Å². The number of rotatable bonds is 0. The number of urea groups is 1. The summed E-state index contributed by atoms with van der Waals surface area (Å²) in [7, 11) is 0. The third-order valence-electron chi connectivity index (χ3n) is 3.69. The number of imide groups is 1. The molecule has 2 N–H and O–H groups in total. The van der Waals surface area contributed by atoms with E-state index < -0.39 is 17.4 Å². The minimum absolute atomic E-state index is 0.217. The van der Waals surface area contributed by atoms with E-state index >= 15 is 0 Å². The van der Waals surface area contributed by atoms with Gasteiger partial charge < -0.3 is 14.8 Å². The summed E-state index contributed by atoms with van der Waals surface area (Å²) in [6.45, 7) is 1.23. The van der Waals surface area contributed by atoms with E-state index in [0.29, 0.717) is 38.9 Å². The molecule has 6 nitrogen and oxygen atoms in total. The molecule has 3 amide bonds. The van der Waals surface area contributed by atoms with Crippen molar-refractivity contribution in [3.63, 3.8) is 0 Å². The largest absolute Gasteiger partial charge is 0.348 e. The molecule has 0 bridgehead atoms. The summed E-state index contributed by atoms with van der Waals surface area (Å²) in [5.41, 5.74) is -0.725. The van der Waals surface area contributed by atoms with Gasteiger partial charge in [0.1, 0.15) is 5.54 Å². The molecule has 3 rings (SSSR count). The minimum Gasteiger partial charge on any atom is -0.348 e. The molecule has 2 aliphatic heterocycles. The zero-order valence-corrected chi connectivity index (χ0v) is 8.88. The molecule has 0 radical (unpaired) electrons. The molecule has 16 heavy (non-hydrogen) atoms. The lowest BCUT2D eigenvalue weighted by atomic mass is 9.79. The maximum atomic E-state index is 11.7. The average Bonchev–Trinajstić information content (AvgIpc) is 2.80. The number of carbonyl (C=O) groups excluding carboxylic acids is 2. The van der Waals surface area contributed by atoms with Gasteiger partial charge in [-0.1, -0.05) is 0 Å². The molecule has 0 aromatic heterocycles. The fourth-order valence-corrected chi connectivity index (χ4v) is 2.72. The van der Waals surface area contributed by atoms with E-state index in [1.165, 1.54) is 0 Å². The number of nitrogens with one attached hydrogen (secondary N) is 2. The molecule has 3 fully saturated rings. The highest BCUT2D eigenvalue weighted by Gasteiger charge is 2.53. The highest BCUT2D eigenvalue weighted by molar-refractivity contribution is 6.07. The molecule has 0 aromatic carbocycles. The van der Waals surface area contributed by atoms with Gasteiger partial charge >= 0.3 is 6.03 Å². The van der Waals surface area contributed by atoms with Crippen molar-refractivity contribution in [2.24, 2.45) is 0 Å². The number of ether oxygens (including phenoxy) is 2. The fourth-order valence-electron chi connectivity index (χ4n) is 2.72. The maximum Gasteiger partial charge on any atom is 0.322 e. The summed E-state index contributed by atoms with van der Waals surface area (Å²) >= 11 is 0. The van der Waals surface area contributed by atoms with Crippen LogP contribution in [0.2, 0.25) is 0 Å². The molecule has 3 aliphatic rings. The first-order valence-electron chi connectivity index (χ1n) is 5.56. The standard InChI is InChI=1S/C10H14N2O4/c13-7-9(12-8(14)11-7)1-3-10(4-2-9)15-5-6-16-10/h1-6H2,(H2,11,12,13,14). The van der Waals surface area contributed by atoms with E-state index in [1.54, 1.807) is 0 Å². The smallest absolute Gasteiger partial charge is 0.322 e. The van der Waals surface area contributed by atoms with Gasteiger partial charge in [0.25, 0.3) is 5.91 Å². The highest BCUT2D eigenvalue weighted by atomic mass is 16.7. The summed E-state index contributed by atoms with van der Waals surface area (Å²) in [5.74, 6) is -0.718. The van der Waals surface area contributed by atoms with Gasteiger partial charge in [-0.3, -0.25) is 10.1 Å². The summed E-state index contributed by atoms with van der Waals surface area (Å²) in [4.78, 5) is 22.8. The zero-order valence-electron chi connectivity index (χ0n) is 8.88. The van der Waals surface area contributed by atoms with Crippen LogP contribution in [0.4, 0.5) is 4.79 Å². The lowest BCUT2D eigenvalue weighted by molar-refractivity contribution is -0.185. The summed E-state index contributed by atoms with van der Waals surface area (Å²) in [6.07, 6.45) is 2.45. The van der Waals surface area contributed by atoms with E-state index in [0.717, 1.165) is 0 Å². The zero-order chi connectivity index (χ0) is 11.2. The van der Waals surface area contributed by atoms with E-state index in [4.69, 9.17) is 9.47 Å². The lowest BCUT2D eigenvalue weighted by Gasteiger charge is -2.39. The van der Waals surface area contributed by atoms with Crippen LogP contribution in [-0.2, 0) is 14.3 Å². The summed E-state index contributed by atoms with van der Waals surface area (Å²) < 4.78 is 11.2. The number of carbonyl (C=O) groups is 2. The van der Waals surface area contributed by atoms with Gasteiger partial charge in [-0.05, 0) is 12.8 Å². The van der Waals surface area contributed by atoms with Gasteiger partial charge in [-0.25, -0.2) is 4.79 Å². The second-order valence-corrected chi connectivity index (χ2v) is 4.60. The predicted molar refractivity (Wildman–Crippen MR) is 52.5 cm³/mol. The van der Waals surface area contributed by atoms with Crippen LogP contribution in [0.3, 0.4) is 0 Å². The van der Waals surface area contributed by atoms with Crippen molar-refractivity contribution in [1.82, 2.24) is 10.6 Å². The van der Waals surface area contributed by atoms with Crippen LogP contribution in [0.5, 0.6) is 0 Å². The average molecular weight is 226 g/mol. The Hall–Kier alpha value is -1.14. The second-order valence-electron chi connectivity index (χ2n) is 4.60. The molecule has 1 saturated carbocycles. The third kappa shape index (κ3) is 1.33. The highest BCUT2D eigenvalue weighted by Crippen LogP contribution is 2.41. The first-order valence-corrected chi connectivity index (χ1v) is 5.56. The van der Waals surface area contributed by atoms with Crippen molar-refractivity contribution < 1.29 is 19.1 Å². The van der Waals surface area contributed by atoms with Crippen LogP contribution in [0.15, 0.2) is 0 Å². The van der Waals surface area contributed by atoms with E-state index in [-0.39, 0.29) is 5.91 Å². The Balaban J connectivity index is 1.74. The topological polar surface area (TPSA) is 76.7 Å². The van der Waals surface area contributed by atoms with Gasteiger partial charge in [0.2, 0.25) is 0 Å². The Labute approximate surface area is 92.7 Å². The van der Waals surface area contributed by atoms with Gasteiger partial charge in [0.15, 0.2) is 5.79 Å². The molecule has 88 valence electrons. The molecule has 0 atom stereocenters. The van der Waals surface area contributed by atoms with Crippen molar-refractivity contribution in [1.29, 1.82) is 0 Å². The molecule has 0 aromatic rings. The van der Waals surface area contributed by atoms with Crippen molar-refractivity contribution >= 4 is 11.9 Å². The van der Waals surface area contributed by atoms with Crippen molar-refractivity contribution in [3.8, 4) is 0 Å². The van der Waals surface area contributed by atoms with Crippen molar-refractivity contribution in [2.75, 3.05) is 13.2 Å². The third-order valence-corrected chi connectivity index (χ3v) is 3.69. The Bertz CT molecular complexity index is 339. The van der Waals surface area contributed by atoms with Gasteiger partial charge in [-0.2, -0.15) is 0 Å². The molecule has 6 heteroatoms. The normalized spacial score (nSPS) is 30.8. The SMILES string of the molecule is O=C1NC(=O)C2(CCC3(CC2)OCCO3)N1. The van der Waals surface area contributed by atoms with Crippen LogP contribution >= 0.6 is 0 Å². The van der Waals surface area contributed by atoms with Crippen molar-refractivity contribution in [3.05, 3.63) is 0 Å². The molecular weight excluding hydrogens is 212 g/mol. The minimum atomic E-state index is -0.725. The predicted octanol–water partition coefficient (Wildman–Crippen LogP) is -0.118. The van der Waals surface area contributed by atoms with Gasteiger partial charge in [0.05, 0.1) is 13.2 Å². The quantitative estimate of drug-likeness (QED) is 0.565. The Morgan fingerprint density at radius 3 is 2.12 bits per heavy atom. The molecule has 1 aliphatic carbocycles. The van der Waals surface area contributed by atoms with Crippen LogP contribution in [0.1, 0.15) is 25.7 Å². The molecule has 2 spiro atoms. The summed E-state index contributed by atoms with van der Waals surface area (Å²) in [6, 6.07) is -0.394. The molecule has 2 heterocycles. The second kappa shape index (κ2) is 3.18. The first kappa shape index (κ1) is 10.0. The molecular formula is C10H14N2O4. The number of amides is 3. The lowest BCUT2D eigenvalue weighted by Crippen LogP contribution is -2.53. The Morgan fingerprint density at radius 1 is 1.00 bits per heavy atom. The van der Waals surface area contributed by atoms with E-state index in [1.807, 2.05) is 0 Å². The van der Waals surface area contributed by atoms with Gasteiger partial charge in [0, 0.05) is 12.8 Å². The monoisotopic (exact) mass is 226 g/mol. The van der Waals surface area contributed by atoms with Crippen LogP contribution in [-0.4, -0.2) is 36.5 Å². The van der Waals surface area contributed by atoms with E-state index in [9.17, 15) is 9.59 Å². The molecule has 0 unspecified atom stereocenters. The first-order chi connectivity index (χ1) is 7.64. The van der Waals surface area contributed by atoms with Crippen LogP contribution < -0.4 is 10.6 Å².